The van der Waals surface area contributed by atoms with Crippen LogP contribution in [-0.2, 0) is 4.79 Å². The topological polar surface area (TPSA) is 20.3 Å². The van der Waals surface area contributed by atoms with Crippen molar-refractivity contribution in [2.24, 2.45) is 17.8 Å². The summed E-state index contributed by atoms with van der Waals surface area (Å²) in [6, 6.07) is 0. The number of hydrogen-bond donors (Lipinski definition) is 0. The number of allylic oxidation sites excluding steroid dienone is 3. The van der Waals surface area contributed by atoms with Crippen molar-refractivity contribution in [2.45, 2.75) is 46.5 Å². The maximum Gasteiger partial charge on any atom is 0.219 e. The van der Waals surface area contributed by atoms with Gasteiger partial charge >= 0.3 is 0 Å². The molecule has 2 aliphatic carbocycles. The van der Waals surface area contributed by atoms with Crippen molar-refractivity contribution in [1.29, 1.82) is 0 Å². The molecule has 0 spiro atoms. The molecule has 2 aliphatic rings. The lowest BCUT2D eigenvalue weighted by Gasteiger charge is -2.25. The van der Waals surface area contributed by atoms with Crippen LogP contribution in [0.5, 0.6) is 0 Å². The zero-order chi connectivity index (χ0) is 13.8. The Morgan fingerprint density at radius 1 is 1.47 bits per heavy atom. The first-order valence-electron chi connectivity index (χ1n) is 7.64. The molecule has 2 atom stereocenters. The predicted octanol–water partition coefficient (Wildman–Crippen LogP) is 3.79. The Bertz CT molecular complexity index is 379. The van der Waals surface area contributed by atoms with E-state index >= 15 is 0 Å². The molecule has 2 rings (SSSR count). The summed E-state index contributed by atoms with van der Waals surface area (Å²) in [6.45, 7) is 7.99. The summed E-state index contributed by atoms with van der Waals surface area (Å²) >= 11 is 0. The van der Waals surface area contributed by atoms with Crippen molar-refractivity contribution in [2.75, 3.05) is 13.1 Å². The van der Waals surface area contributed by atoms with Crippen molar-refractivity contribution < 1.29 is 4.79 Å². The highest BCUT2D eigenvalue weighted by Gasteiger charge is 2.25. The van der Waals surface area contributed by atoms with E-state index < -0.39 is 0 Å². The van der Waals surface area contributed by atoms with Gasteiger partial charge < -0.3 is 4.90 Å². The maximum atomic E-state index is 11.6. The molecule has 0 N–H and O–H groups in total. The van der Waals surface area contributed by atoms with Gasteiger partial charge in [0.25, 0.3) is 0 Å². The van der Waals surface area contributed by atoms with Crippen LogP contribution < -0.4 is 0 Å². The fourth-order valence-corrected chi connectivity index (χ4v) is 2.89. The van der Waals surface area contributed by atoms with E-state index in [1.54, 1.807) is 6.92 Å². The van der Waals surface area contributed by atoms with Gasteiger partial charge in [0.05, 0.1) is 0 Å². The lowest BCUT2D eigenvalue weighted by atomic mass is 9.81. The lowest BCUT2D eigenvalue weighted by Crippen LogP contribution is -2.31. The Balaban J connectivity index is 1.82. The van der Waals surface area contributed by atoms with Gasteiger partial charge in [-0.2, -0.15) is 0 Å². The van der Waals surface area contributed by atoms with E-state index in [0.717, 1.165) is 31.3 Å². The van der Waals surface area contributed by atoms with Crippen LogP contribution in [0.1, 0.15) is 46.5 Å². The Labute approximate surface area is 117 Å². The molecule has 2 unspecified atom stereocenters. The number of hydrogen-bond acceptors (Lipinski definition) is 1. The van der Waals surface area contributed by atoms with Gasteiger partial charge in [0.1, 0.15) is 0 Å². The van der Waals surface area contributed by atoms with Crippen LogP contribution in [0.25, 0.3) is 0 Å². The molecule has 1 saturated carbocycles. The number of carbonyl (C=O) groups excluding carboxylic acids is 1. The Morgan fingerprint density at radius 2 is 2.21 bits per heavy atom. The predicted molar refractivity (Wildman–Crippen MR) is 79.8 cm³/mol. The second kappa shape index (κ2) is 6.40. The van der Waals surface area contributed by atoms with Gasteiger partial charge in [0.15, 0.2) is 0 Å². The SMILES string of the molecule is CC(=O)N(C/C=C\C1CC=C(C)CC1C)CC1CC1. The highest BCUT2D eigenvalue weighted by atomic mass is 16.2. The Hall–Kier alpha value is -1.05. The highest BCUT2D eigenvalue weighted by Crippen LogP contribution is 2.31. The fourth-order valence-electron chi connectivity index (χ4n) is 2.89. The van der Waals surface area contributed by atoms with Crippen LogP contribution in [0.2, 0.25) is 0 Å². The third-order valence-electron chi connectivity index (χ3n) is 4.44. The largest absolute Gasteiger partial charge is 0.339 e. The molecule has 19 heavy (non-hydrogen) atoms. The average Bonchev–Trinajstić information content (AvgIpc) is 3.14. The Kier molecular flexibility index (Phi) is 4.84. The van der Waals surface area contributed by atoms with E-state index in [1.807, 2.05) is 4.90 Å². The van der Waals surface area contributed by atoms with Crippen LogP contribution in [0.3, 0.4) is 0 Å². The summed E-state index contributed by atoms with van der Waals surface area (Å²) in [4.78, 5) is 13.6. The van der Waals surface area contributed by atoms with Crippen molar-refractivity contribution in [3.05, 3.63) is 23.8 Å². The first-order chi connectivity index (χ1) is 9.06. The molecule has 0 aliphatic heterocycles. The summed E-state index contributed by atoms with van der Waals surface area (Å²) in [5, 5.41) is 0. The molecular weight excluding hydrogens is 234 g/mol. The van der Waals surface area contributed by atoms with Crippen molar-refractivity contribution >= 4 is 5.91 Å². The average molecular weight is 261 g/mol. The van der Waals surface area contributed by atoms with Crippen molar-refractivity contribution in [3.8, 4) is 0 Å². The van der Waals surface area contributed by atoms with Crippen molar-refractivity contribution in [1.82, 2.24) is 4.90 Å². The zero-order valence-corrected chi connectivity index (χ0v) is 12.6. The van der Waals surface area contributed by atoms with E-state index in [-0.39, 0.29) is 5.91 Å². The third-order valence-corrected chi connectivity index (χ3v) is 4.44. The zero-order valence-electron chi connectivity index (χ0n) is 12.6. The first-order valence-corrected chi connectivity index (χ1v) is 7.64. The fraction of sp³-hybridized carbons (Fsp3) is 0.706. The van der Waals surface area contributed by atoms with Gasteiger partial charge in [-0.05, 0) is 50.4 Å². The van der Waals surface area contributed by atoms with Gasteiger partial charge in [-0.15, -0.1) is 0 Å². The van der Waals surface area contributed by atoms with Gasteiger partial charge in [0.2, 0.25) is 5.91 Å². The molecule has 1 fully saturated rings. The molecule has 0 bridgehead atoms. The van der Waals surface area contributed by atoms with Crippen molar-refractivity contribution in [3.63, 3.8) is 0 Å². The number of carbonyl (C=O) groups is 1. The molecule has 0 heterocycles. The maximum absolute atomic E-state index is 11.6. The molecular formula is C17H27NO. The minimum absolute atomic E-state index is 0.212. The molecule has 2 heteroatoms. The minimum Gasteiger partial charge on any atom is -0.339 e. The van der Waals surface area contributed by atoms with E-state index in [0.29, 0.717) is 5.92 Å². The molecule has 0 aromatic carbocycles. The summed E-state index contributed by atoms with van der Waals surface area (Å²) in [7, 11) is 0. The normalized spacial score (nSPS) is 27.4. The van der Waals surface area contributed by atoms with Crippen LogP contribution in [0, 0.1) is 17.8 Å². The van der Waals surface area contributed by atoms with E-state index in [9.17, 15) is 4.79 Å². The van der Waals surface area contributed by atoms with Gasteiger partial charge in [-0.3, -0.25) is 4.79 Å². The van der Waals surface area contributed by atoms with E-state index in [1.165, 1.54) is 24.8 Å². The molecule has 0 saturated heterocycles. The van der Waals surface area contributed by atoms with Gasteiger partial charge in [0, 0.05) is 20.0 Å². The van der Waals surface area contributed by atoms with Crippen LogP contribution in [0.4, 0.5) is 0 Å². The Morgan fingerprint density at radius 3 is 2.79 bits per heavy atom. The monoisotopic (exact) mass is 261 g/mol. The number of rotatable bonds is 5. The van der Waals surface area contributed by atoms with Gasteiger partial charge in [-0.1, -0.05) is 30.7 Å². The summed E-state index contributed by atoms with van der Waals surface area (Å²) < 4.78 is 0. The highest BCUT2D eigenvalue weighted by molar-refractivity contribution is 5.73. The second-order valence-corrected chi connectivity index (χ2v) is 6.43. The standard InChI is InChI=1S/C17H27NO/c1-13-6-9-17(14(2)11-13)5-4-10-18(15(3)19)12-16-7-8-16/h4-6,14,16-17H,7-12H2,1-3H3/b5-4-. The third kappa shape index (κ3) is 4.52. The smallest absolute Gasteiger partial charge is 0.219 e. The van der Waals surface area contributed by atoms with E-state index in [2.05, 4.69) is 32.1 Å². The molecule has 106 valence electrons. The van der Waals surface area contributed by atoms with Gasteiger partial charge in [-0.25, -0.2) is 0 Å². The first kappa shape index (κ1) is 14.4. The minimum atomic E-state index is 0.212. The van der Waals surface area contributed by atoms with Crippen LogP contribution >= 0.6 is 0 Å². The molecule has 1 amide bonds. The summed E-state index contributed by atoms with van der Waals surface area (Å²) in [5.74, 6) is 2.37. The molecule has 0 aromatic heterocycles. The summed E-state index contributed by atoms with van der Waals surface area (Å²) in [5.41, 5.74) is 1.52. The van der Waals surface area contributed by atoms with Crippen LogP contribution in [0.15, 0.2) is 23.8 Å². The van der Waals surface area contributed by atoms with E-state index in [4.69, 9.17) is 0 Å². The molecule has 0 aromatic rings. The van der Waals surface area contributed by atoms with Crippen LogP contribution in [-0.4, -0.2) is 23.9 Å². The number of amides is 1. The second-order valence-electron chi connectivity index (χ2n) is 6.43. The quantitative estimate of drug-likeness (QED) is 0.689. The molecule has 0 radical (unpaired) electrons. The summed E-state index contributed by atoms with van der Waals surface area (Å²) in [6.07, 6.45) is 11.9. The molecule has 2 nitrogen and oxygen atoms in total. The number of nitrogens with zero attached hydrogens (tertiary/aromatic N) is 1. The lowest BCUT2D eigenvalue weighted by molar-refractivity contribution is -0.128.